The van der Waals surface area contributed by atoms with Crippen LogP contribution in [0.1, 0.15) is 11.1 Å². The van der Waals surface area contributed by atoms with Crippen LogP contribution in [0.25, 0.3) is 6.08 Å². The Kier molecular flexibility index (Phi) is 7.88. The van der Waals surface area contributed by atoms with Crippen molar-refractivity contribution in [1.82, 2.24) is 0 Å². The van der Waals surface area contributed by atoms with E-state index < -0.39 is 5.91 Å². The topological polar surface area (TPSA) is 71.3 Å². The first-order valence-electron chi connectivity index (χ1n) is 9.23. The van der Waals surface area contributed by atoms with Crippen LogP contribution in [0.5, 0.6) is 11.5 Å². The summed E-state index contributed by atoms with van der Waals surface area (Å²) in [6, 6.07) is 22.1. The molecule has 3 rings (SSSR count). The van der Waals surface area contributed by atoms with Crippen LogP contribution in [0.4, 0.5) is 5.69 Å². The Morgan fingerprint density at radius 3 is 2.45 bits per heavy atom. The Bertz CT molecular complexity index is 1150. The van der Waals surface area contributed by atoms with Crippen molar-refractivity contribution in [3.05, 3.63) is 92.4 Å². The minimum atomic E-state index is -0.488. The van der Waals surface area contributed by atoms with Crippen LogP contribution in [-0.4, -0.2) is 13.0 Å². The molecular formula is C24H18Br2N2O3. The zero-order valence-electron chi connectivity index (χ0n) is 16.6. The van der Waals surface area contributed by atoms with Gasteiger partial charge in [0, 0.05) is 15.7 Å². The van der Waals surface area contributed by atoms with Crippen LogP contribution in [0.15, 0.2) is 81.2 Å². The molecule has 31 heavy (non-hydrogen) atoms. The molecule has 156 valence electrons. The molecule has 0 aliphatic carbocycles. The Hall–Kier alpha value is -3.08. The number of hydrogen-bond acceptors (Lipinski definition) is 4. The van der Waals surface area contributed by atoms with Crippen molar-refractivity contribution in [1.29, 1.82) is 5.26 Å². The van der Waals surface area contributed by atoms with Gasteiger partial charge in [0.15, 0.2) is 0 Å². The molecular weight excluding hydrogens is 524 g/mol. The van der Waals surface area contributed by atoms with Gasteiger partial charge in [-0.3, -0.25) is 4.79 Å². The molecule has 0 spiro atoms. The summed E-state index contributed by atoms with van der Waals surface area (Å²) in [7, 11) is 1.57. The largest absolute Gasteiger partial charge is 0.497 e. The molecule has 0 heterocycles. The second kappa shape index (κ2) is 10.8. The van der Waals surface area contributed by atoms with Gasteiger partial charge in [-0.2, -0.15) is 5.26 Å². The first kappa shape index (κ1) is 22.6. The second-order valence-corrected chi connectivity index (χ2v) is 8.13. The number of nitrogens with zero attached hydrogens (tertiary/aromatic N) is 1. The van der Waals surface area contributed by atoms with Crippen LogP contribution >= 0.6 is 31.9 Å². The predicted octanol–water partition coefficient (Wildman–Crippen LogP) is 6.34. The van der Waals surface area contributed by atoms with Gasteiger partial charge in [-0.15, -0.1) is 0 Å². The van der Waals surface area contributed by atoms with E-state index in [1.165, 1.54) is 6.08 Å². The molecule has 0 fully saturated rings. The van der Waals surface area contributed by atoms with Gasteiger partial charge in [-0.05, 0) is 70.0 Å². The van der Waals surface area contributed by atoms with Gasteiger partial charge in [-0.1, -0.05) is 40.2 Å². The smallest absolute Gasteiger partial charge is 0.266 e. The van der Waals surface area contributed by atoms with E-state index in [0.717, 1.165) is 14.5 Å². The Morgan fingerprint density at radius 2 is 1.81 bits per heavy atom. The highest BCUT2D eigenvalue weighted by Crippen LogP contribution is 2.29. The third kappa shape index (κ3) is 6.20. The Morgan fingerprint density at radius 1 is 1.06 bits per heavy atom. The first-order valence-corrected chi connectivity index (χ1v) is 10.8. The fourth-order valence-corrected chi connectivity index (χ4v) is 3.59. The average Bonchev–Trinajstić information content (AvgIpc) is 2.78. The monoisotopic (exact) mass is 540 g/mol. The van der Waals surface area contributed by atoms with Crippen LogP contribution < -0.4 is 14.8 Å². The molecule has 0 aliphatic heterocycles. The standard InChI is InChI=1S/C24H18Br2N2O3/c1-30-20-9-7-19(8-10-20)28-24(29)18(14-27)12-16-6-11-23(22(26)13-16)31-15-17-4-2-3-5-21(17)25/h2-13H,15H2,1H3,(H,28,29)/b18-12+. The minimum Gasteiger partial charge on any atom is -0.497 e. The third-order valence-electron chi connectivity index (χ3n) is 4.32. The van der Waals surface area contributed by atoms with Crippen molar-refractivity contribution >= 4 is 49.5 Å². The summed E-state index contributed by atoms with van der Waals surface area (Å²) >= 11 is 7.00. The van der Waals surface area contributed by atoms with E-state index in [2.05, 4.69) is 37.2 Å². The lowest BCUT2D eigenvalue weighted by Crippen LogP contribution is -2.13. The molecule has 0 saturated heterocycles. The molecule has 3 aromatic rings. The number of halogens is 2. The highest BCUT2D eigenvalue weighted by Gasteiger charge is 2.11. The van der Waals surface area contributed by atoms with Crippen LogP contribution in [-0.2, 0) is 11.4 Å². The first-order chi connectivity index (χ1) is 15.0. The number of carbonyl (C=O) groups is 1. The zero-order chi connectivity index (χ0) is 22.2. The van der Waals surface area contributed by atoms with Gasteiger partial charge >= 0.3 is 0 Å². The van der Waals surface area contributed by atoms with E-state index in [1.807, 2.05) is 30.3 Å². The number of ether oxygens (including phenoxy) is 2. The molecule has 0 unspecified atom stereocenters. The Labute approximate surface area is 197 Å². The maximum absolute atomic E-state index is 12.5. The molecule has 7 heteroatoms. The van der Waals surface area contributed by atoms with E-state index in [4.69, 9.17) is 9.47 Å². The highest BCUT2D eigenvalue weighted by atomic mass is 79.9. The molecule has 3 aromatic carbocycles. The molecule has 1 N–H and O–H groups in total. The van der Waals surface area contributed by atoms with Gasteiger partial charge in [0.1, 0.15) is 29.7 Å². The summed E-state index contributed by atoms with van der Waals surface area (Å²) in [5.74, 6) is 0.855. The zero-order valence-corrected chi connectivity index (χ0v) is 19.7. The minimum absolute atomic E-state index is 0.00963. The number of methoxy groups -OCH3 is 1. The van der Waals surface area contributed by atoms with E-state index in [9.17, 15) is 10.1 Å². The van der Waals surface area contributed by atoms with Crippen LogP contribution in [0, 0.1) is 11.3 Å². The molecule has 0 atom stereocenters. The normalized spacial score (nSPS) is 10.8. The molecule has 0 bridgehead atoms. The van der Waals surface area contributed by atoms with Crippen molar-refractivity contribution in [3.63, 3.8) is 0 Å². The third-order valence-corrected chi connectivity index (χ3v) is 5.71. The number of nitrogens with one attached hydrogen (secondary N) is 1. The second-order valence-electron chi connectivity index (χ2n) is 6.42. The SMILES string of the molecule is COc1ccc(NC(=O)/C(C#N)=C/c2ccc(OCc3ccccc3Br)c(Br)c2)cc1. The van der Waals surface area contributed by atoms with E-state index in [1.54, 1.807) is 49.6 Å². The van der Waals surface area contributed by atoms with Gasteiger partial charge < -0.3 is 14.8 Å². The summed E-state index contributed by atoms with van der Waals surface area (Å²) in [5.41, 5.74) is 2.29. The van der Waals surface area contributed by atoms with E-state index >= 15 is 0 Å². The molecule has 5 nitrogen and oxygen atoms in total. The van der Waals surface area contributed by atoms with Gasteiger partial charge in [0.25, 0.3) is 5.91 Å². The van der Waals surface area contributed by atoms with E-state index in [-0.39, 0.29) is 5.57 Å². The number of hydrogen-bond donors (Lipinski definition) is 1. The quantitative estimate of drug-likeness (QED) is 0.279. The molecule has 1 amide bonds. The molecule has 0 radical (unpaired) electrons. The van der Waals surface area contributed by atoms with Crippen LogP contribution in [0.3, 0.4) is 0 Å². The molecule has 0 aromatic heterocycles. The summed E-state index contributed by atoms with van der Waals surface area (Å²) in [6.07, 6.45) is 1.53. The number of carbonyl (C=O) groups excluding carboxylic acids is 1. The van der Waals surface area contributed by atoms with Crippen molar-refractivity contribution in [2.45, 2.75) is 6.61 Å². The number of anilines is 1. The van der Waals surface area contributed by atoms with Crippen molar-refractivity contribution in [2.24, 2.45) is 0 Å². The molecule has 0 saturated carbocycles. The lowest BCUT2D eigenvalue weighted by molar-refractivity contribution is -0.112. The summed E-state index contributed by atoms with van der Waals surface area (Å²) in [5, 5.41) is 12.1. The number of amides is 1. The lowest BCUT2D eigenvalue weighted by atomic mass is 10.1. The van der Waals surface area contributed by atoms with Crippen molar-refractivity contribution < 1.29 is 14.3 Å². The van der Waals surface area contributed by atoms with Gasteiger partial charge in [0.05, 0.1) is 11.6 Å². The summed E-state index contributed by atoms with van der Waals surface area (Å²) in [6.45, 7) is 0.406. The summed E-state index contributed by atoms with van der Waals surface area (Å²) in [4.78, 5) is 12.5. The number of nitriles is 1. The van der Waals surface area contributed by atoms with Crippen molar-refractivity contribution in [3.8, 4) is 17.6 Å². The lowest BCUT2D eigenvalue weighted by Gasteiger charge is -2.10. The highest BCUT2D eigenvalue weighted by molar-refractivity contribution is 9.10. The van der Waals surface area contributed by atoms with Gasteiger partial charge in [0.2, 0.25) is 0 Å². The fourth-order valence-electron chi connectivity index (χ4n) is 2.68. The Balaban J connectivity index is 1.70. The number of benzene rings is 3. The average molecular weight is 542 g/mol. The fraction of sp³-hybridized carbons (Fsp3) is 0.0833. The maximum Gasteiger partial charge on any atom is 0.266 e. The number of rotatable bonds is 7. The maximum atomic E-state index is 12.5. The molecule has 0 aliphatic rings. The van der Waals surface area contributed by atoms with E-state index in [0.29, 0.717) is 29.4 Å². The predicted molar refractivity (Wildman–Crippen MR) is 128 cm³/mol. The van der Waals surface area contributed by atoms with Crippen molar-refractivity contribution in [2.75, 3.05) is 12.4 Å². The van der Waals surface area contributed by atoms with Crippen LogP contribution in [0.2, 0.25) is 0 Å². The summed E-state index contributed by atoms with van der Waals surface area (Å²) < 4.78 is 12.7. The van der Waals surface area contributed by atoms with Gasteiger partial charge in [-0.25, -0.2) is 0 Å².